The zero-order valence-corrected chi connectivity index (χ0v) is 15.4. The molecule has 0 aromatic heterocycles. The van der Waals surface area contributed by atoms with Gasteiger partial charge in [0, 0.05) is 5.92 Å². The summed E-state index contributed by atoms with van der Waals surface area (Å²) in [5.41, 5.74) is 0.977. The zero-order chi connectivity index (χ0) is 18.4. The Bertz CT molecular complexity index is 640. The maximum absolute atomic E-state index is 12.0. The average molecular weight is 346 g/mol. The fourth-order valence-corrected chi connectivity index (χ4v) is 2.96. The van der Waals surface area contributed by atoms with E-state index in [2.05, 4.69) is 13.8 Å². The van der Waals surface area contributed by atoms with E-state index in [4.69, 9.17) is 24.2 Å². The van der Waals surface area contributed by atoms with Crippen LogP contribution in [0.2, 0.25) is 0 Å². The van der Waals surface area contributed by atoms with Crippen molar-refractivity contribution in [3.63, 3.8) is 0 Å². The molecule has 6 nitrogen and oxygen atoms in total. The van der Waals surface area contributed by atoms with E-state index in [1.54, 1.807) is 14.2 Å². The number of nitrogens with zero attached hydrogens (tertiary/aromatic N) is 2. The van der Waals surface area contributed by atoms with Crippen LogP contribution in [0.25, 0.3) is 0 Å². The van der Waals surface area contributed by atoms with Crippen LogP contribution in [0, 0.1) is 5.92 Å². The van der Waals surface area contributed by atoms with Crippen molar-refractivity contribution in [2.24, 2.45) is 15.9 Å². The van der Waals surface area contributed by atoms with E-state index in [1.165, 1.54) is 7.11 Å². The van der Waals surface area contributed by atoms with Gasteiger partial charge in [0.05, 0.1) is 27.8 Å². The molecule has 0 saturated heterocycles. The predicted molar refractivity (Wildman–Crippen MR) is 97.1 cm³/mol. The minimum absolute atomic E-state index is 0.181. The second-order valence-corrected chi connectivity index (χ2v) is 6.27. The minimum Gasteiger partial charge on any atom is -0.483 e. The quantitative estimate of drug-likeness (QED) is 0.769. The number of hydrogen-bond acceptors (Lipinski definition) is 6. The van der Waals surface area contributed by atoms with E-state index in [0.717, 1.165) is 5.56 Å². The highest BCUT2D eigenvalue weighted by Gasteiger charge is 2.37. The number of aliphatic imine (C=N–C) groups is 2. The van der Waals surface area contributed by atoms with Crippen molar-refractivity contribution in [2.45, 2.75) is 38.3 Å². The number of esters is 1. The lowest BCUT2D eigenvalue weighted by Crippen LogP contribution is -2.40. The number of carbonyl (C=O) groups excluding carboxylic acids is 1. The molecule has 0 radical (unpaired) electrons. The first-order valence-electron chi connectivity index (χ1n) is 8.36. The summed E-state index contributed by atoms with van der Waals surface area (Å²) in [5.74, 6) is 0.750. The molecule has 1 aromatic rings. The molecule has 3 atom stereocenters. The van der Waals surface area contributed by atoms with Gasteiger partial charge in [0.15, 0.2) is 0 Å². The van der Waals surface area contributed by atoms with Crippen LogP contribution in [0.4, 0.5) is 0 Å². The normalized spacial score (nSPS) is 21.2. The summed E-state index contributed by atoms with van der Waals surface area (Å²) in [7, 11) is 4.56. The van der Waals surface area contributed by atoms with Crippen molar-refractivity contribution in [2.75, 3.05) is 21.3 Å². The Morgan fingerprint density at radius 1 is 1.00 bits per heavy atom. The van der Waals surface area contributed by atoms with Crippen molar-refractivity contribution in [1.29, 1.82) is 0 Å². The Labute approximate surface area is 148 Å². The molecule has 0 bridgehead atoms. The summed E-state index contributed by atoms with van der Waals surface area (Å²) in [5, 5.41) is 0. The first-order chi connectivity index (χ1) is 12.0. The number of methoxy groups -OCH3 is 3. The van der Waals surface area contributed by atoms with Gasteiger partial charge in [-0.25, -0.2) is 9.98 Å². The van der Waals surface area contributed by atoms with E-state index in [1.807, 2.05) is 30.3 Å². The summed E-state index contributed by atoms with van der Waals surface area (Å²) >= 11 is 0. The van der Waals surface area contributed by atoms with E-state index >= 15 is 0 Å². The lowest BCUT2D eigenvalue weighted by Gasteiger charge is -2.31. The summed E-state index contributed by atoms with van der Waals surface area (Å²) in [6, 6.07) is 9.12. The first-order valence-corrected chi connectivity index (χ1v) is 8.36. The topological polar surface area (TPSA) is 69.5 Å². The maximum atomic E-state index is 12.0. The standard InChI is InChI=1S/C19H26N2O4/c1-12(2)16-18(24-4)21-17(19(20-16)25-5)14(11-15(22)23-3)13-9-7-6-8-10-13/h6-10,12,14,16-17H,11H2,1-5H3/t14?,16-,17+/m0/s1. The predicted octanol–water partition coefficient (Wildman–Crippen LogP) is 2.83. The van der Waals surface area contributed by atoms with Gasteiger partial charge in [-0.15, -0.1) is 0 Å². The zero-order valence-electron chi connectivity index (χ0n) is 15.4. The number of benzene rings is 1. The Morgan fingerprint density at radius 2 is 1.56 bits per heavy atom. The molecule has 0 saturated carbocycles. The monoisotopic (exact) mass is 346 g/mol. The van der Waals surface area contributed by atoms with E-state index in [0.29, 0.717) is 11.8 Å². The lowest BCUT2D eigenvalue weighted by molar-refractivity contribution is -0.141. The van der Waals surface area contributed by atoms with Crippen LogP contribution in [-0.4, -0.2) is 51.2 Å². The summed E-state index contributed by atoms with van der Waals surface area (Å²) in [6.45, 7) is 4.11. The van der Waals surface area contributed by atoms with Crippen LogP contribution in [0.1, 0.15) is 31.7 Å². The smallest absolute Gasteiger partial charge is 0.306 e. The van der Waals surface area contributed by atoms with Gasteiger partial charge >= 0.3 is 5.97 Å². The Balaban J connectivity index is 2.45. The molecule has 2 rings (SSSR count). The van der Waals surface area contributed by atoms with Crippen LogP contribution in [0.5, 0.6) is 0 Å². The van der Waals surface area contributed by atoms with Gasteiger partial charge in [-0.3, -0.25) is 4.79 Å². The molecular formula is C19H26N2O4. The van der Waals surface area contributed by atoms with Gasteiger partial charge in [0.25, 0.3) is 0 Å². The fraction of sp³-hybridized carbons (Fsp3) is 0.526. The molecule has 0 amide bonds. The van der Waals surface area contributed by atoms with Gasteiger partial charge in [-0.1, -0.05) is 44.2 Å². The third kappa shape index (κ3) is 4.38. The minimum atomic E-state index is -0.434. The van der Waals surface area contributed by atoms with Gasteiger partial charge in [0.1, 0.15) is 12.1 Å². The van der Waals surface area contributed by atoms with Gasteiger partial charge in [-0.05, 0) is 11.5 Å². The molecule has 0 fully saturated rings. The molecular weight excluding hydrogens is 320 g/mol. The van der Waals surface area contributed by atoms with Crippen LogP contribution in [0.3, 0.4) is 0 Å². The number of carbonyl (C=O) groups is 1. The van der Waals surface area contributed by atoms with Crippen molar-refractivity contribution in [1.82, 2.24) is 0 Å². The molecule has 25 heavy (non-hydrogen) atoms. The Kier molecular flexibility index (Phi) is 6.56. The molecule has 0 N–H and O–H groups in total. The number of hydrogen-bond donors (Lipinski definition) is 0. The second kappa shape index (κ2) is 8.65. The highest BCUT2D eigenvalue weighted by atomic mass is 16.5. The highest BCUT2D eigenvalue weighted by Crippen LogP contribution is 2.31. The molecule has 1 aliphatic heterocycles. The fourth-order valence-electron chi connectivity index (χ4n) is 2.96. The molecule has 136 valence electrons. The van der Waals surface area contributed by atoms with Crippen LogP contribution in [0.15, 0.2) is 40.3 Å². The molecule has 6 heteroatoms. The first kappa shape index (κ1) is 19.0. The van der Waals surface area contributed by atoms with Gasteiger partial charge in [-0.2, -0.15) is 0 Å². The largest absolute Gasteiger partial charge is 0.483 e. The van der Waals surface area contributed by atoms with E-state index < -0.39 is 6.04 Å². The molecule has 0 aliphatic carbocycles. The molecule has 1 unspecified atom stereocenters. The third-order valence-corrected chi connectivity index (χ3v) is 4.31. The lowest BCUT2D eigenvalue weighted by atomic mass is 9.87. The maximum Gasteiger partial charge on any atom is 0.306 e. The molecule has 1 heterocycles. The van der Waals surface area contributed by atoms with Crippen LogP contribution < -0.4 is 0 Å². The number of rotatable bonds is 5. The van der Waals surface area contributed by atoms with Crippen molar-refractivity contribution in [3.8, 4) is 0 Å². The van der Waals surface area contributed by atoms with Crippen LogP contribution in [-0.2, 0) is 19.0 Å². The summed E-state index contributed by atoms with van der Waals surface area (Å²) in [6.07, 6.45) is 0.181. The SMILES string of the molecule is COC(=O)CC(c1ccccc1)[C@H]1N=C(OC)[C@H](C(C)C)N=C1OC. The molecule has 1 aliphatic rings. The summed E-state index contributed by atoms with van der Waals surface area (Å²) < 4.78 is 15.9. The van der Waals surface area contributed by atoms with Crippen LogP contribution >= 0.6 is 0 Å². The van der Waals surface area contributed by atoms with Gasteiger partial charge in [0.2, 0.25) is 11.8 Å². The molecule has 1 aromatic carbocycles. The van der Waals surface area contributed by atoms with Crippen molar-refractivity contribution >= 4 is 17.8 Å². The van der Waals surface area contributed by atoms with E-state index in [-0.39, 0.29) is 30.3 Å². The number of ether oxygens (including phenoxy) is 3. The van der Waals surface area contributed by atoms with Crippen molar-refractivity contribution < 1.29 is 19.0 Å². The third-order valence-electron chi connectivity index (χ3n) is 4.31. The van der Waals surface area contributed by atoms with E-state index in [9.17, 15) is 4.79 Å². The Morgan fingerprint density at radius 3 is 2.08 bits per heavy atom. The summed E-state index contributed by atoms with van der Waals surface area (Å²) in [4.78, 5) is 21.4. The molecule has 0 spiro atoms. The highest BCUT2D eigenvalue weighted by molar-refractivity contribution is 5.95. The second-order valence-electron chi connectivity index (χ2n) is 6.27. The van der Waals surface area contributed by atoms with Crippen molar-refractivity contribution in [3.05, 3.63) is 35.9 Å². The average Bonchev–Trinajstić information content (AvgIpc) is 2.65. The Hall–Kier alpha value is -2.37. The van der Waals surface area contributed by atoms with Gasteiger partial charge < -0.3 is 14.2 Å².